The van der Waals surface area contributed by atoms with Crippen molar-refractivity contribution in [2.75, 3.05) is 5.32 Å². The molecule has 0 bridgehead atoms. The Balaban J connectivity index is 1.52. The van der Waals surface area contributed by atoms with Crippen LogP contribution >= 0.6 is 11.3 Å². The molecule has 1 aliphatic carbocycles. The Morgan fingerprint density at radius 3 is 2.61 bits per heavy atom. The van der Waals surface area contributed by atoms with Crippen molar-refractivity contribution in [3.63, 3.8) is 0 Å². The monoisotopic (exact) mass is 408 g/mol. The minimum Gasteiger partial charge on any atom is -0.316 e. The lowest BCUT2D eigenvalue weighted by Gasteiger charge is -2.08. The summed E-state index contributed by atoms with van der Waals surface area (Å²) >= 11 is 1.59. The van der Waals surface area contributed by atoms with Crippen LogP contribution in [-0.2, 0) is 22.9 Å². The zero-order valence-corrected chi connectivity index (χ0v) is 16.4. The summed E-state index contributed by atoms with van der Waals surface area (Å²) in [5.41, 5.74) is 2.74. The highest BCUT2D eigenvalue weighted by Gasteiger charge is 2.26. The first kappa shape index (κ1) is 17.2. The number of nitrogens with zero attached hydrogens (tertiary/aromatic N) is 3. The molecule has 0 saturated heterocycles. The molecule has 0 fully saturated rings. The fourth-order valence-electron chi connectivity index (χ4n) is 3.32. The number of aromatic nitrogens is 3. The van der Waals surface area contributed by atoms with Gasteiger partial charge in [0.05, 0.1) is 10.6 Å². The van der Waals surface area contributed by atoms with Gasteiger partial charge < -0.3 is 5.32 Å². The van der Waals surface area contributed by atoms with E-state index < -0.39 is 10.0 Å². The highest BCUT2D eigenvalue weighted by Crippen LogP contribution is 2.39. The topological polar surface area (TPSA) is 76.9 Å². The van der Waals surface area contributed by atoms with E-state index in [1.165, 1.54) is 3.97 Å². The van der Waals surface area contributed by atoms with Gasteiger partial charge in [-0.25, -0.2) is 22.4 Å². The molecule has 3 heterocycles. The Hall–Kier alpha value is -2.97. The van der Waals surface area contributed by atoms with E-state index in [9.17, 15) is 8.42 Å². The van der Waals surface area contributed by atoms with Crippen LogP contribution in [0.1, 0.15) is 10.4 Å². The number of hydrogen-bond acceptors (Lipinski definition) is 6. The standard InChI is InChI=1S/C20H16N4O2S2/c25-28(26,15-6-2-1-3-7-15)24-12-14-9-10-17-19(16(14)13-24)23-20(27-17)22-18-8-4-5-11-21-18/h1-8,11-13H,9-10H2,(H,21,22,23). The van der Waals surface area contributed by atoms with Gasteiger partial charge in [-0.3, -0.25) is 0 Å². The number of hydrogen-bond donors (Lipinski definition) is 1. The van der Waals surface area contributed by atoms with Crippen molar-refractivity contribution >= 4 is 32.3 Å². The molecule has 0 amide bonds. The highest BCUT2D eigenvalue weighted by atomic mass is 32.2. The second-order valence-corrected chi connectivity index (χ2v) is 9.40. The Morgan fingerprint density at radius 1 is 1.00 bits per heavy atom. The molecule has 0 atom stereocenters. The molecule has 5 rings (SSSR count). The SMILES string of the molecule is O=S(=O)(c1ccccc1)n1cc2c(c1)-c1nc(Nc3ccccn3)sc1CC2. The van der Waals surface area contributed by atoms with Crippen molar-refractivity contribution < 1.29 is 8.42 Å². The molecule has 8 heteroatoms. The maximum Gasteiger partial charge on any atom is 0.267 e. The third-order valence-electron chi connectivity index (χ3n) is 4.68. The maximum absolute atomic E-state index is 12.9. The first-order valence-corrected chi connectivity index (χ1v) is 11.1. The molecule has 6 nitrogen and oxygen atoms in total. The minimum atomic E-state index is -3.61. The van der Waals surface area contributed by atoms with Gasteiger partial charge in [0.15, 0.2) is 5.13 Å². The van der Waals surface area contributed by atoms with E-state index in [0.29, 0.717) is 0 Å². The van der Waals surface area contributed by atoms with Gasteiger partial charge in [0.1, 0.15) is 5.82 Å². The summed E-state index contributed by atoms with van der Waals surface area (Å²) in [6, 6.07) is 14.1. The van der Waals surface area contributed by atoms with Crippen LogP contribution in [0.3, 0.4) is 0 Å². The second-order valence-electron chi connectivity index (χ2n) is 6.48. The summed E-state index contributed by atoms with van der Waals surface area (Å²) in [5.74, 6) is 0.734. The number of anilines is 2. The van der Waals surface area contributed by atoms with Gasteiger partial charge in [0.25, 0.3) is 10.0 Å². The van der Waals surface area contributed by atoms with Crippen LogP contribution in [-0.4, -0.2) is 22.4 Å². The molecular weight excluding hydrogens is 392 g/mol. The normalized spacial score (nSPS) is 13.0. The van der Waals surface area contributed by atoms with E-state index in [4.69, 9.17) is 4.98 Å². The molecule has 0 spiro atoms. The van der Waals surface area contributed by atoms with Crippen LogP contribution in [0.4, 0.5) is 10.9 Å². The molecule has 3 aromatic heterocycles. The molecule has 4 aromatic rings. The molecule has 28 heavy (non-hydrogen) atoms. The molecule has 1 aromatic carbocycles. The van der Waals surface area contributed by atoms with Gasteiger partial charge in [-0.05, 0) is 42.7 Å². The van der Waals surface area contributed by atoms with Crippen molar-refractivity contribution in [2.24, 2.45) is 0 Å². The number of aryl methyl sites for hydroxylation is 2. The second kappa shape index (κ2) is 6.57. The van der Waals surface area contributed by atoms with Crippen LogP contribution in [0.15, 0.2) is 72.0 Å². The Labute approximate surface area is 166 Å². The van der Waals surface area contributed by atoms with E-state index in [2.05, 4.69) is 10.3 Å². The largest absolute Gasteiger partial charge is 0.316 e. The number of thiazole rings is 1. The summed E-state index contributed by atoms with van der Waals surface area (Å²) in [5, 5.41) is 3.99. The summed E-state index contributed by atoms with van der Waals surface area (Å²) in [7, 11) is -3.61. The molecular formula is C20H16N4O2S2. The van der Waals surface area contributed by atoms with Crippen LogP contribution in [0, 0.1) is 0 Å². The van der Waals surface area contributed by atoms with E-state index >= 15 is 0 Å². The minimum absolute atomic E-state index is 0.276. The van der Waals surface area contributed by atoms with Gasteiger partial charge >= 0.3 is 0 Å². The zero-order valence-electron chi connectivity index (χ0n) is 14.7. The first-order valence-electron chi connectivity index (χ1n) is 8.81. The van der Waals surface area contributed by atoms with E-state index in [-0.39, 0.29) is 4.90 Å². The molecule has 0 saturated carbocycles. The van der Waals surface area contributed by atoms with Gasteiger partial charge in [-0.2, -0.15) is 0 Å². The van der Waals surface area contributed by atoms with Gasteiger partial charge in [0.2, 0.25) is 0 Å². The summed E-state index contributed by atoms with van der Waals surface area (Å²) in [6.07, 6.45) is 6.76. The third kappa shape index (κ3) is 2.90. The molecule has 140 valence electrons. The fourth-order valence-corrected chi connectivity index (χ4v) is 5.55. The summed E-state index contributed by atoms with van der Waals surface area (Å²) < 4.78 is 27.2. The fraction of sp³-hybridized carbons (Fsp3) is 0.100. The van der Waals surface area contributed by atoms with Crippen LogP contribution in [0.2, 0.25) is 0 Å². The van der Waals surface area contributed by atoms with Gasteiger partial charge in [-0.1, -0.05) is 24.3 Å². The zero-order chi connectivity index (χ0) is 19.1. The van der Waals surface area contributed by atoms with Gasteiger partial charge in [-0.15, -0.1) is 11.3 Å². The average Bonchev–Trinajstić information content (AvgIpc) is 3.33. The van der Waals surface area contributed by atoms with Crippen molar-refractivity contribution in [1.29, 1.82) is 0 Å². The Bertz CT molecular complexity index is 1250. The van der Waals surface area contributed by atoms with Crippen molar-refractivity contribution in [1.82, 2.24) is 13.9 Å². The van der Waals surface area contributed by atoms with Crippen molar-refractivity contribution in [2.45, 2.75) is 17.7 Å². The number of nitrogens with one attached hydrogen (secondary N) is 1. The van der Waals surface area contributed by atoms with E-state index in [0.717, 1.165) is 45.5 Å². The van der Waals surface area contributed by atoms with Gasteiger partial charge in [0, 0.05) is 29.0 Å². The number of benzene rings is 1. The van der Waals surface area contributed by atoms with Crippen LogP contribution < -0.4 is 5.32 Å². The predicted molar refractivity (Wildman–Crippen MR) is 109 cm³/mol. The number of fused-ring (bicyclic) bond motifs is 3. The molecule has 0 radical (unpaired) electrons. The number of pyridine rings is 1. The quantitative estimate of drug-likeness (QED) is 0.550. The van der Waals surface area contributed by atoms with Crippen LogP contribution in [0.5, 0.6) is 0 Å². The maximum atomic E-state index is 12.9. The lowest BCUT2D eigenvalue weighted by molar-refractivity contribution is 0.587. The third-order valence-corrected chi connectivity index (χ3v) is 7.34. The Kier molecular flexibility index (Phi) is 4.03. The molecule has 0 aliphatic heterocycles. The average molecular weight is 409 g/mol. The lowest BCUT2D eigenvalue weighted by atomic mass is 9.98. The lowest BCUT2D eigenvalue weighted by Crippen LogP contribution is -2.10. The molecule has 1 aliphatic rings. The van der Waals surface area contributed by atoms with Crippen molar-refractivity contribution in [3.8, 4) is 11.3 Å². The summed E-state index contributed by atoms with van der Waals surface area (Å²) in [4.78, 5) is 10.4. The Morgan fingerprint density at radius 2 is 1.82 bits per heavy atom. The molecule has 0 unspecified atom stereocenters. The smallest absolute Gasteiger partial charge is 0.267 e. The van der Waals surface area contributed by atoms with Crippen LogP contribution in [0.25, 0.3) is 11.3 Å². The van der Waals surface area contributed by atoms with E-state index in [1.54, 1.807) is 60.3 Å². The van der Waals surface area contributed by atoms with Crippen molar-refractivity contribution in [3.05, 3.63) is 77.6 Å². The number of rotatable bonds is 4. The molecule has 1 N–H and O–H groups in total. The predicted octanol–water partition coefficient (Wildman–Crippen LogP) is 4.09. The first-order chi connectivity index (χ1) is 13.6. The van der Waals surface area contributed by atoms with E-state index in [1.807, 2.05) is 18.2 Å². The summed E-state index contributed by atoms with van der Waals surface area (Å²) in [6.45, 7) is 0. The highest BCUT2D eigenvalue weighted by molar-refractivity contribution is 7.90.